The van der Waals surface area contributed by atoms with Crippen LogP contribution in [0.5, 0.6) is 5.75 Å². The first-order valence-electron chi connectivity index (χ1n) is 7.08. The van der Waals surface area contributed by atoms with Gasteiger partial charge in [-0.15, -0.1) is 0 Å². The number of hydrogen-bond donors (Lipinski definition) is 2. The molecule has 0 aliphatic heterocycles. The van der Waals surface area contributed by atoms with Crippen molar-refractivity contribution in [3.63, 3.8) is 0 Å². The van der Waals surface area contributed by atoms with Crippen LogP contribution in [0.4, 0.5) is 0 Å². The number of ether oxygens (including phenoxy) is 1. The molecule has 2 N–H and O–H groups in total. The maximum atomic E-state index is 9.98. The van der Waals surface area contributed by atoms with E-state index in [0.717, 1.165) is 24.4 Å². The summed E-state index contributed by atoms with van der Waals surface area (Å²) in [6.07, 6.45) is 0.681. The Hall–Kier alpha value is -1.06. The van der Waals surface area contributed by atoms with Crippen LogP contribution < -0.4 is 10.1 Å². The Bertz CT molecular complexity index is 375. The number of nitrogens with one attached hydrogen (secondary N) is 1. The fraction of sp³-hybridized carbons (Fsp3) is 0.625. The molecule has 0 bridgehead atoms. The van der Waals surface area contributed by atoms with Crippen molar-refractivity contribution >= 4 is 0 Å². The largest absolute Gasteiger partial charge is 0.490 e. The molecule has 1 atom stereocenters. The summed E-state index contributed by atoms with van der Waals surface area (Å²) in [4.78, 5) is 0. The van der Waals surface area contributed by atoms with Gasteiger partial charge in [-0.2, -0.15) is 0 Å². The zero-order valence-corrected chi connectivity index (χ0v) is 12.6. The lowest BCUT2D eigenvalue weighted by Crippen LogP contribution is -2.31. The van der Waals surface area contributed by atoms with Gasteiger partial charge in [-0.1, -0.05) is 39.0 Å². The highest BCUT2D eigenvalue weighted by atomic mass is 16.5. The Morgan fingerprint density at radius 1 is 1.32 bits per heavy atom. The van der Waals surface area contributed by atoms with Crippen LogP contribution in [0.15, 0.2) is 24.3 Å². The van der Waals surface area contributed by atoms with Crippen molar-refractivity contribution in [2.45, 2.75) is 46.3 Å². The lowest BCUT2D eigenvalue weighted by molar-refractivity contribution is 0.00816. The zero-order valence-electron chi connectivity index (χ0n) is 12.6. The first kappa shape index (κ1) is 16.0. The van der Waals surface area contributed by atoms with E-state index in [4.69, 9.17) is 4.74 Å². The summed E-state index contributed by atoms with van der Waals surface area (Å²) in [7, 11) is 0. The van der Waals surface area contributed by atoms with Gasteiger partial charge in [0.2, 0.25) is 0 Å². The second-order valence-electron chi connectivity index (χ2n) is 5.77. The summed E-state index contributed by atoms with van der Waals surface area (Å²) < 4.78 is 5.76. The molecule has 1 aromatic rings. The van der Waals surface area contributed by atoms with Gasteiger partial charge in [0, 0.05) is 12.1 Å². The van der Waals surface area contributed by atoms with Crippen molar-refractivity contribution in [1.82, 2.24) is 5.32 Å². The lowest BCUT2D eigenvalue weighted by atomic mass is 10.1. The first-order valence-corrected chi connectivity index (χ1v) is 7.08. The van der Waals surface area contributed by atoms with Crippen molar-refractivity contribution in [3.8, 4) is 5.75 Å². The fourth-order valence-corrected chi connectivity index (χ4v) is 1.62. The van der Waals surface area contributed by atoms with Gasteiger partial charge in [0.25, 0.3) is 0 Å². The quantitative estimate of drug-likeness (QED) is 0.759. The minimum absolute atomic E-state index is 0.324. The molecule has 0 amide bonds. The third kappa shape index (κ3) is 6.08. The molecule has 0 fully saturated rings. The van der Waals surface area contributed by atoms with E-state index in [2.05, 4.69) is 25.2 Å². The van der Waals surface area contributed by atoms with Crippen LogP contribution in [-0.2, 0) is 6.54 Å². The molecule has 1 unspecified atom stereocenters. The van der Waals surface area contributed by atoms with Crippen LogP contribution >= 0.6 is 0 Å². The van der Waals surface area contributed by atoms with Crippen molar-refractivity contribution in [3.05, 3.63) is 29.8 Å². The number of rotatable bonds is 8. The predicted molar refractivity (Wildman–Crippen MR) is 79.4 cm³/mol. The predicted octanol–water partition coefficient (Wildman–Crippen LogP) is 2.97. The molecule has 0 radical (unpaired) electrons. The molecule has 0 heterocycles. The van der Waals surface area contributed by atoms with Gasteiger partial charge >= 0.3 is 0 Å². The molecule has 108 valence electrons. The standard InChI is InChI=1S/C16H27NO2/c1-5-16(4,18)12-19-15-9-7-6-8-14(15)11-17-10-13(2)3/h6-9,13,17-18H,5,10-12H2,1-4H3. The smallest absolute Gasteiger partial charge is 0.123 e. The van der Waals surface area contributed by atoms with E-state index in [0.29, 0.717) is 18.9 Å². The molecule has 0 aromatic heterocycles. The van der Waals surface area contributed by atoms with Crippen LogP contribution in [-0.4, -0.2) is 23.9 Å². The van der Waals surface area contributed by atoms with Crippen molar-refractivity contribution in [2.24, 2.45) is 5.92 Å². The summed E-state index contributed by atoms with van der Waals surface area (Å²) in [5.41, 5.74) is 0.369. The van der Waals surface area contributed by atoms with E-state index < -0.39 is 5.60 Å². The molecule has 0 saturated carbocycles. The summed E-state index contributed by atoms with van der Waals surface area (Å²) >= 11 is 0. The molecule has 1 rings (SSSR count). The first-order chi connectivity index (χ1) is 8.94. The van der Waals surface area contributed by atoms with E-state index >= 15 is 0 Å². The Morgan fingerprint density at radius 2 is 2.00 bits per heavy atom. The second kappa shape index (κ2) is 7.51. The van der Waals surface area contributed by atoms with Gasteiger partial charge in [0.1, 0.15) is 12.4 Å². The second-order valence-corrected chi connectivity index (χ2v) is 5.77. The number of aliphatic hydroxyl groups is 1. The van der Waals surface area contributed by atoms with Crippen LogP contribution in [0, 0.1) is 5.92 Å². The molecule has 3 heteroatoms. The number of benzene rings is 1. The fourth-order valence-electron chi connectivity index (χ4n) is 1.62. The van der Waals surface area contributed by atoms with E-state index in [1.807, 2.05) is 25.1 Å². The van der Waals surface area contributed by atoms with E-state index in [-0.39, 0.29) is 0 Å². The van der Waals surface area contributed by atoms with Crippen molar-refractivity contribution in [1.29, 1.82) is 0 Å². The third-order valence-electron chi connectivity index (χ3n) is 3.14. The topological polar surface area (TPSA) is 41.5 Å². The van der Waals surface area contributed by atoms with Crippen LogP contribution in [0.25, 0.3) is 0 Å². The van der Waals surface area contributed by atoms with Gasteiger partial charge in [-0.05, 0) is 31.9 Å². The summed E-state index contributed by atoms with van der Waals surface area (Å²) in [6.45, 7) is 10.2. The molecular formula is C16H27NO2. The van der Waals surface area contributed by atoms with Crippen molar-refractivity contribution in [2.75, 3.05) is 13.2 Å². The van der Waals surface area contributed by atoms with E-state index in [9.17, 15) is 5.11 Å². The molecule has 19 heavy (non-hydrogen) atoms. The molecule has 0 aliphatic carbocycles. The summed E-state index contributed by atoms with van der Waals surface area (Å²) in [5.74, 6) is 1.49. The Morgan fingerprint density at radius 3 is 2.63 bits per heavy atom. The van der Waals surface area contributed by atoms with Gasteiger partial charge in [-0.3, -0.25) is 0 Å². The lowest BCUT2D eigenvalue weighted by Gasteiger charge is -2.22. The van der Waals surface area contributed by atoms with Gasteiger partial charge in [0.15, 0.2) is 0 Å². The Balaban J connectivity index is 2.57. The maximum Gasteiger partial charge on any atom is 0.123 e. The Kier molecular flexibility index (Phi) is 6.32. The molecule has 0 aliphatic rings. The SMILES string of the molecule is CCC(C)(O)COc1ccccc1CNCC(C)C. The van der Waals surface area contributed by atoms with Crippen LogP contribution in [0.2, 0.25) is 0 Å². The molecular weight excluding hydrogens is 238 g/mol. The van der Waals surface area contributed by atoms with Crippen molar-refractivity contribution < 1.29 is 9.84 Å². The molecule has 3 nitrogen and oxygen atoms in total. The molecule has 0 spiro atoms. The highest BCUT2D eigenvalue weighted by Gasteiger charge is 2.18. The number of hydrogen-bond acceptors (Lipinski definition) is 3. The molecule has 1 aromatic carbocycles. The highest BCUT2D eigenvalue weighted by molar-refractivity contribution is 5.33. The Labute approximate surface area is 117 Å². The maximum absolute atomic E-state index is 9.98. The highest BCUT2D eigenvalue weighted by Crippen LogP contribution is 2.20. The minimum atomic E-state index is -0.765. The summed E-state index contributed by atoms with van der Waals surface area (Å²) in [5, 5.41) is 13.4. The third-order valence-corrected chi connectivity index (χ3v) is 3.14. The summed E-state index contributed by atoms with van der Waals surface area (Å²) in [6, 6.07) is 7.99. The van der Waals surface area contributed by atoms with E-state index in [1.165, 1.54) is 0 Å². The van der Waals surface area contributed by atoms with Gasteiger partial charge in [-0.25, -0.2) is 0 Å². The minimum Gasteiger partial charge on any atom is -0.490 e. The van der Waals surface area contributed by atoms with Crippen LogP contribution in [0.1, 0.15) is 39.7 Å². The van der Waals surface area contributed by atoms with Crippen LogP contribution in [0.3, 0.4) is 0 Å². The average Bonchev–Trinajstić information content (AvgIpc) is 2.37. The zero-order chi connectivity index (χ0) is 14.3. The van der Waals surface area contributed by atoms with Gasteiger partial charge < -0.3 is 15.2 Å². The number of para-hydroxylation sites is 1. The average molecular weight is 265 g/mol. The molecule has 0 saturated heterocycles. The van der Waals surface area contributed by atoms with E-state index in [1.54, 1.807) is 6.92 Å². The monoisotopic (exact) mass is 265 g/mol. The normalized spacial score (nSPS) is 14.4. The van der Waals surface area contributed by atoms with Gasteiger partial charge in [0.05, 0.1) is 5.60 Å².